The number of carbonyl (C=O) groups is 1. The molecule has 0 aliphatic carbocycles. The lowest BCUT2D eigenvalue weighted by molar-refractivity contribution is -0.118. The molecule has 23 heavy (non-hydrogen) atoms. The fourth-order valence-corrected chi connectivity index (χ4v) is 3.65. The standard InChI is InChI=1S/C14H13ClN2O5S/c1-8-2-3-9(22-8)6-16-23(19,20)13-5-12-11(4-10(13)15)17-14(18)7-21-12/h2-5,16H,6-7H2,1H3,(H,17,18). The van der Waals surface area contributed by atoms with Crippen molar-refractivity contribution in [3.05, 3.63) is 40.8 Å². The summed E-state index contributed by atoms with van der Waals surface area (Å²) in [5.74, 6) is 1.11. The predicted molar refractivity (Wildman–Crippen MR) is 83.0 cm³/mol. The zero-order valence-corrected chi connectivity index (χ0v) is 13.6. The number of aryl methyl sites for hydroxylation is 1. The fraction of sp³-hybridized carbons (Fsp3) is 0.214. The van der Waals surface area contributed by atoms with Crippen molar-refractivity contribution in [3.8, 4) is 5.75 Å². The summed E-state index contributed by atoms with van der Waals surface area (Å²) in [6.07, 6.45) is 0. The summed E-state index contributed by atoms with van der Waals surface area (Å²) in [4.78, 5) is 11.1. The second kappa shape index (κ2) is 5.88. The van der Waals surface area contributed by atoms with Crippen molar-refractivity contribution in [1.82, 2.24) is 4.72 Å². The third-order valence-corrected chi connectivity index (χ3v) is 5.05. The third-order valence-electron chi connectivity index (χ3n) is 3.19. The number of nitrogens with one attached hydrogen (secondary N) is 2. The van der Waals surface area contributed by atoms with Crippen LogP contribution in [0, 0.1) is 6.92 Å². The van der Waals surface area contributed by atoms with Crippen molar-refractivity contribution in [1.29, 1.82) is 0 Å². The average molecular weight is 357 g/mol. The van der Waals surface area contributed by atoms with Gasteiger partial charge in [-0.2, -0.15) is 0 Å². The van der Waals surface area contributed by atoms with E-state index in [0.717, 1.165) is 0 Å². The van der Waals surface area contributed by atoms with Gasteiger partial charge in [-0.25, -0.2) is 13.1 Å². The molecule has 2 N–H and O–H groups in total. The van der Waals surface area contributed by atoms with Crippen molar-refractivity contribution >= 4 is 33.2 Å². The van der Waals surface area contributed by atoms with Crippen LogP contribution in [-0.4, -0.2) is 20.9 Å². The minimum atomic E-state index is -3.86. The molecule has 122 valence electrons. The van der Waals surface area contributed by atoms with Crippen LogP contribution in [0.2, 0.25) is 5.02 Å². The minimum Gasteiger partial charge on any atom is -0.482 e. The molecule has 1 aromatic heterocycles. The molecule has 7 nitrogen and oxygen atoms in total. The van der Waals surface area contributed by atoms with Crippen molar-refractivity contribution in [2.24, 2.45) is 0 Å². The van der Waals surface area contributed by atoms with Crippen LogP contribution in [0.15, 0.2) is 33.6 Å². The van der Waals surface area contributed by atoms with Crippen LogP contribution < -0.4 is 14.8 Å². The lowest BCUT2D eigenvalue weighted by atomic mass is 10.2. The van der Waals surface area contributed by atoms with Crippen LogP contribution in [0.1, 0.15) is 11.5 Å². The summed E-state index contributed by atoms with van der Waals surface area (Å²) in [7, 11) is -3.86. The number of rotatable bonds is 4. The van der Waals surface area contributed by atoms with E-state index in [1.807, 2.05) is 0 Å². The molecule has 2 aromatic rings. The monoisotopic (exact) mass is 356 g/mol. The molecule has 2 heterocycles. The Balaban J connectivity index is 1.86. The van der Waals surface area contributed by atoms with Gasteiger partial charge in [-0.05, 0) is 25.1 Å². The van der Waals surface area contributed by atoms with Crippen molar-refractivity contribution in [3.63, 3.8) is 0 Å². The van der Waals surface area contributed by atoms with Crippen molar-refractivity contribution < 1.29 is 22.4 Å². The maximum absolute atomic E-state index is 12.4. The van der Waals surface area contributed by atoms with E-state index in [1.165, 1.54) is 12.1 Å². The molecule has 3 rings (SSSR count). The molecule has 0 radical (unpaired) electrons. The van der Waals surface area contributed by atoms with E-state index < -0.39 is 10.0 Å². The number of amides is 1. The first-order valence-electron chi connectivity index (χ1n) is 6.66. The van der Waals surface area contributed by atoms with E-state index >= 15 is 0 Å². The van der Waals surface area contributed by atoms with Gasteiger partial charge in [0.2, 0.25) is 10.0 Å². The normalized spacial score (nSPS) is 14.1. The Morgan fingerprint density at radius 3 is 2.83 bits per heavy atom. The second-order valence-electron chi connectivity index (χ2n) is 4.95. The molecule has 0 bridgehead atoms. The molecule has 0 atom stereocenters. The molecule has 0 saturated heterocycles. The van der Waals surface area contributed by atoms with Crippen LogP contribution in [-0.2, 0) is 21.4 Å². The Labute approximate surface area is 137 Å². The highest BCUT2D eigenvalue weighted by Crippen LogP contribution is 2.35. The first kappa shape index (κ1) is 15.9. The molecular weight excluding hydrogens is 344 g/mol. The highest BCUT2D eigenvalue weighted by molar-refractivity contribution is 7.89. The summed E-state index contributed by atoms with van der Waals surface area (Å²) in [6, 6.07) is 6.06. The minimum absolute atomic E-state index is 0.00117. The molecule has 0 spiro atoms. The maximum Gasteiger partial charge on any atom is 0.262 e. The molecule has 9 heteroatoms. The highest BCUT2D eigenvalue weighted by atomic mass is 35.5. The van der Waals surface area contributed by atoms with Gasteiger partial charge in [-0.15, -0.1) is 0 Å². The average Bonchev–Trinajstić information content (AvgIpc) is 2.90. The quantitative estimate of drug-likeness (QED) is 0.873. The molecule has 1 amide bonds. The topological polar surface area (TPSA) is 97.6 Å². The lowest BCUT2D eigenvalue weighted by Crippen LogP contribution is -2.27. The van der Waals surface area contributed by atoms with Crippen molar-refractivity contribution in [2.45, 2.75) is 18.4 Å². The summed E-state index contributed by atoms with van der Waals surface area (Å²) in [5, 5.41) is 2.55. The fourth-order valence-electron chi connectivity index (χ4n) is 2.11. The summed E-state index contributed by atoms with van der Waals surface area (Å²) in [5.41, 5.74) is 0.340. The first-order valence-corrected chi connectivity index (χ1v) is 8.52. The van der Waals surface area contributed by atoms with E-state index in [0.29, 0.717) is 17.2 Å². The molecule has 0 unspecified atom stereocenters. The Morgan fingerprint density at radius 2 is 2.13 bits per heavy atom. The highest BCUT2D eigenvalue weighted by Gasteiger charge is 2.24. The number of hydrogen-bond acceptors (Lipinski definition) is 5. The number of ether oxygens (including phenoxy) is 1. The summed E-state index contributed by atoms with van der Waals surface area (Å²) >= 11 is 6.03. The molecule has 0 fully saturated rings. The van der Waals surface area contributed by atoms with Crippen LogP contribution in [0.4, 0.5) is 5.69 Å². The summed E-state index contributed by atoms with van der Waals surface area (Å²) in [6.45, 7) is 1.60. The number of fused-ring (bicyclic) bond motifs is 1. The Morgan fingerprint density at radius 1 is 1.35 bits per heavy atom. The van der Waals surface area contributed by atoms with E-state index in [9.17, 15) is 13.2 Å². The molecule has 1 aliphatic rings. The summed E-state index contributed by atoms with van der Waals surface area (Å²) < 4.78 is 37.7. The number of furan rings is 1. The van der Waals surface area contributed by atoms with Gasteiger partial charge in [0.25, 0.3) is 5.91 Å². The number of hydrogen-bond donors (Lipinski definition) is 2. The van der Waals surface area contributed by atoms with Gasteiger partial charge in [0.05, 0.1) is 17.3 Å². The van der Waals surface area contributed by atoms with E-state index in [1.54, 1.807) is 19.1 Å². The largest absolute Gasteiger partial charge is 0.482 e. The Kier molecular flexibility index (Phi) is 4.05. The molecule has 1 aromatic carbocycles. The molecule has 1 aliphatic heterocycles. The van der Waals surface area contributed by atoms with Crippen LogP contribution in [0.3, 0.4) is 0 Å². The second-order valence-corrected chi connectivity index (χ2v) is 7.10. The Bertz CT molecular complexity index is 875. The number of carbonyl (C=O) groups excluding carboxylic acids is 1. The van der Waals surface area contributed by atoms with E-state index in [4.69, 9.17) is 20.8 Å². The molecule has 0 saturated carbocycles. The van der Waals surface area contributed by atoms with E-state index in [-0.39, 0.29) is 34.7 Å². The smallest absolute Gasteiger partial charge is 0.262 e. The number of benzene rings is 1. The third kappa shape index (κ3) is 3.34. The van der Waals surface area contributed by atoms with Gasteiger partial charge in [-0.3, -0.25) is 4.79 Å². The Hall–Kier alpha value is -2.03. The van der Waals surface area contributed by atoms with Crippen molar-refractivity contribution in [2.75, 3.05) is 11.9 Å². The number of sulfonamides is 1. The first-order chi connectivity index (χ1) is 10.8. The van der Waals surface area contributed by atoms with Gasteiger partial charge in [0.1, 0.15) is 22.2 Å². The van der Waals surface area contributed by atoms with Gasteiger partial charge in [0.15, 0.2) is 6.61 Å². The van der Waals surface area contributed by atoms with Gasteiger partial charge >= 0.3 is 0 Å². The zero-order chi connectivity index (χ0) is 16.6. The molecular formula is C14H13ClN2O5S. The van der Waals surface area contributed by atoms with Gasteiger partial charge < -0.3 is 14.5 Å². The zero-order valence-electron chi connectivity index (χ0n) is 12.1. The van der Waals surface area contributed by atoms with Gasteiger partial charge in [-0.1, -0.05) is 11.6 Å². The predicted octanol–water partition coefficient (Wildman–Crippen LogP) is 2.05. The lowest BCUT2D eigenvalue weighted by Gasteiger charge is -2.19. The number of halogens is 1. The number of anilines is 1. The van der Waals surface area contributed by atoms with Crippen LogP contribution in [0.25, 0.3) is 0 Å². The maximum atomic E-state index is 12.4. The van der Waals surface area contributed by atoms with Crippen LogP contribution in [0.5, 0.6) is 5.75 Å². The van der Waals surface area contributed by atoms with Gasteiger partial charge in [0, 0.05) is 6.07 Å². The van der Waals surface area contributed by atoms with Crippen LogP contribution >= 0.6 is 11.6 Å². The van der Waals surface area contributed by atoms with E-state index in [2.05, 4.69) is 10.0 Å². The SMILES string of the molecule is Cc1ccc(CNS(=O)(=O)c2cc3c(cc2Cl)NC(=O)CO3)o1.